The number of nitrogens with one attached hydrogen (secondary N) is 1. The van der Waals surface area contributed by atoms with Crippen molar-refractivity contribution in [2.24, 2.45) is 0 Å². The Labute approximate surface area is 146 Å². The fourth-order valence-corrected chi connectivity index (χ4v) is 5.68. The average Bonchev–Trinajstić information content (AvgIpc) is 2.52. The van der Waals surface area contributed by atoms with Crippen LogP contribution in [0.3, 0.4) is 0 Å². The molecule has 3 nitrogen and oxygen atoms in total. The molecule has 0 aromatic heterocycles. The van der Waals surface area contributed by atoms with Crippen LogP contribution in [0.15, 0.2) is 60.7 Å². The Morgan fingerprint density at radius 3 is 1.96 bits per heavy atom. The maximum Gasteiger partial charge on any atom is 0.407 e. The molecule has 0 spiro atoms. The maximum atomic E-state index is 12.4. The summed E-state index contributed by atoms with van der Waals surface area (Å²) in [7, 11) is -2.00. The lowest BCUT2D eigenvalue weighted by atomic mass is 10.2. The van der Waals surface area contributed by atoms with Gasteiger partial charge in [0.1, 0.15) is 13.7 Å². The summed E-state index contributed by atoms with van der Waals surface area (Å²) in [5.41, 5.74) is 0.545. The normalized spacial score (nSPS) is 13.2. The Bertz CT molecular complexity index is 663. The summed E-state index contributed by atoms with van der Waals surface area (Å²) in [6, 6.07) is 20.6. The number of benzene rings is 2. The van der Waals surface area contributed by atoms with Crippen molar-refractivity contribution in [2.75, 3.05) is 0 Å². The molecule has 2 aromatic carbocycles. The molecule has 1 amide bonds. The van der Waals surface area contributed by atoms with E-state index in [0.717, 1.165) is 5.56 Å². The van der Waals surface area contributed by atoms with E-state index in [1.807, 2.05) is 45.0 Å². The van der Waals surface area contributed by atoms with Crippen LogP contribution in [0.4, 0.5) is 4.79 Å². The van der Waals surface area contributed by atoms with Gasteiger partial charge in [0.05, 0.1) is 5.67 Å². The number of ether oxygens (including phenoxy) is 1. The van der Waals surface area contributed by atoms with E-state index in [9.17, 15) is 4.79 Å². The van der Waals surface area contributed by atoms with Gasteiger partial charge in [0.15, 0.2) is 0 Å². The molecule has 0 saturated heterocycles. The van der Waals surface area contributed by atoms with Gasteiger partial charge in [-0.05, 0) is 26.3 Å². The Balaban J connectivity index is 2.35. The summed E-state index contributed by atoms with van der Waals surface area (Å²) < 4.78 is 5.49. The van der Waals surface area contributed by atoms with Crippen LogP contribution >= 0.6 is 0 Å². The number of carbonyl (C=O) groups excluding carboxylic acids is 1. The first-order valence-electron chi connectivity index (χ1n) is 8.30. The summed E-state index contributed by atoms with van der Waals surface area (Å²) in [4.78, 5) is 12.4. The van der Waals surface area contributed by atoms with Gasteiger partial charge in [0.25, 0.3) is 0 Å². The largest absolute Gasteiger partial charge is 0.444 e. The van der Waals surface area contributed by atoms with E-state index in [1.165, 1.54) is 5.19 Å². The number of carbonyl (C=O) groups is 1. The average molecular weight is 342 g/mol. The predicted molar refractivity (Wildman–Crippen MR) is 102 cm³/mol. The topological polar surface area (TPSA) is 38.3 Å². The van der Waals surface area contributed by atoms with Crippen LogP contribution in [-0.2, 0) is 4.74 Å². The van der Waals surface area contributed by atoms with Gasteiger partial charge in [-0.2, -0.15) is 0 Å². The molecule has 128 valence electrons. The van der Waals surface area contributed by atoms with Gasteiger partial charge in [-0.15, -0.1) is 0 Å². The third-order valence-electron chi connectivity index (χ3n) is 4.03. The fourth-order valence-electron chi connectivity index (χ4n) is 2.79. The number of amides is 1. The van der Waals surface area contributed by atoms with Crippen molar-refractivity contribution >= 4 is 19.4 Å². The molecule has 0 heterocycles. The Morgan fingerprint density at radius 2 is 1.46 bits per heavy atom. The molecule has 1 N–H and O–H groups in total. The maximum absolute atomic E-state index is 12.4. The number of hydrogen-bond donors (Lipinski definition) is 1. The van der Waals surface area contributed by atoms with Crippen molar-refractivity contribution in [2.45, 2.75) is 45.1 Å². The van der Waals surface area contributed by atoms with Gasteiger partial charge in [0, 0.05) is 0 Å². The lowest BCUT2D eigenvalue weighted by molar-refractivity contribution is 0.0518. The van der Waals surface area contributed by atoms with Crippen molar-refractivity contribution in [3.05, 3.63) is 66.2 Å². The second-order valence-electron chi connectivity index (χ2n) is 7.58. The molecule has 24 heavy (non-hydrogen) atoms. The van der Waals surface area contributed by atoms with E-state index >= 15 is 0 Å². The van der Waals surface area contributed by atoms with E-state index in [0.29, 0.717) is 0 Å². The van der Waals surface area contributed by atoms with Crippen LogP contribution in [0.2, 0.25) is 13.1 Å². The third-order valence-corrected chi connectivity index (χ3v) is 7.78. The zero-order chi connectivity index (χ0) is 17.8. The SMILES string of the molecule is CC(C)(C)OC(=O)NC(c1ccccc1)[Si](C)(C)c1ccccc1. The van der Waals surface area contributed by atoms with Crippen molar-refractivity contribution in [1.29, 1.82) is 0 Å². The molecule has 0 radical (unpaired) electrons. The molecule has 0 aliphatic carbocycles. The highest BCUT2D eigenvalue weighted by Crippen LogP contribution is 2.25. The van der Waals surface area contributed by atoms with E-state index in [1.54, 1.807) is 0 Å². The molecule has 2 aromatic rings. The van der Waals surface area contributed by atoms with Crippen LogP contribution in [0.25, 0.3) is 0 Å². The van der Waals surface area contributed by atoms with Gasteiger partial charge in [-0.3, -0.25) is 0 Å². The molecule has 0 aliphatic heterocycles. The van der Waals surface area contributed by atoms with E-state index in [4.69, 9.17) is 4.74 Å². The van der Waals surface area contributed by atoms with Crippen molar-refractivity contribution in [3.63, 3.8) is 0 Å². The Morgan fingerprint density at radius 1 is 0.958 bits per heavy atom. The third kappa shape index (κ3) is 4.71. The lowest BCUT2D eigenvalue weighted by Crippen LogP contribution is -2.54. The highest BCUT2D eigenvalue weighted by atomic mass is 28.3. The summed E-state index contributed by atoms with van der Waals surface area (Å²) in [5, 5.41) is 4.43. The second-order valence-corrected chi connectivity index (χ2v) is 12.2. The van der Waals surface area contributed by atoms with E-state index in [-0.39, 0.29) is 11.8 Å². The van der Waals surface area contributed by atoms with Gasteiger partial charge < -0.3 is 10.1 Å². The van der Waals surface area contributed by atoms with Crippen molar-refractivity contribution < 1.29 is 9.53 Å². The first kappa shape index (κ1) is 18.3. The lowest BCUT2D eigenvalue weighted by Gasteiger charge is -2.34. The smallest absolute Gasteiger partial charge is 0.407 e. The molecule has 0 saturated carbocycles. The van der Waals surface area contributed by atoms with Crippen LogP contribution in [0, 0.1) is 0 Å². The molecule has 1 atom stereocenters. The highest BCUT2D eigenvalue weighted by molar-refractivity contribution is 6.90. The number of alkyl carbamates (subject to hydrolysis) is 1. The zero-order valence-corrected chi connectivity index (χ0v) is 16.2. The first-order chi connectivity index (χ1) is 11.2. The highest BCUT2D eigenvalue weighted by Gasteiger charge is 2.36. The molecule has 0 bridgehead atoms. The summed E-state index contributed by atoms with van der Waals surface area (Å²) in [6.07, 6.45) is -0.368. The van der Waals surface area contributed by atoms with Crippen molar-refractivity contribution in [3.8, 4) is 0 Å². The van der Waals surface area contributed by atoms with Gasteiger partial charge in [-0.1, -0.05) is 78.9 Å². The van der Waals surface area contributed by atoms with Crippen LogP contribution in [0.5, 0.6) is 0 Å². The second kappa shape index (κ2) is 7.22. The van der Waals surface area contributed by atoms with Crippen molar-refractivity contribution in [1.82, 2.24) is 5.32 Å². The Kier molecular flexibility index (Phi) is 5.50. The van der Waals surface area contributed by atoms with Gasteiger partial charge >= 0.3 is 6.09 Å². The van der Waals surface area contributed by atoms with Crippen LogP contribution in [-0.4, -0.2) is 19.8 Å². The van der Waals surface area contributed by atoms with Gasteiger partial charge in [0.2, 0.25) is 0 Å². The number of hydrogen-bond acceptors (Lipinski definition) is 2. The van der Waals surface area contributed by atoms with Crippen LogP contribution < -0.4 is 10.5 Å². The zero-order valence-electron chi connectivity index (χ0n) is 15.2. The molecule has 2 rings (SSSR count). The monoisotopic (exact) mass is 341 g/mol. The van der Waals surface area contributed by atoms with Crippen LogP contribution in [0.1, 0.15) is 32.0 Å². The van der Waals surface area contributed by atoms with E-state index < -0.39 is 13.7 Å². The number of rotatable bonds is 4. The van der Waals surface area contributed by atoms with Gasteiger partial charge in [-0.25, -0.2) is 4.79 Å². The summed E-state index contributed by atoms with van der Waals surface area (Å²) in [6.45, 7) is 10.2. The molecular weight excluding hydrogens is 314 g/mol. The fraction of sp³-hybridized carbons (Fsp3) is 0.350. The minimum atomic E-state index is -2.00. The molecule has 0 fully saturated rings. The molecule has 0 aliphatic rings. The standard InChI is InChI=1S/C20H27NO2Si/c1-20(2,3)23-19(22)21-18(16-12-8-6-9-13-16)24(4,5)17-14-10-7-11-15-17/h6-15,18H,1-5H3,(H,21,22). The first-order valence-corrected chi connectivity index (χ1v) is 11.4. The van der Waals surface area contributed by atoms with E-state index in [2.05, 4.69) is 54.8 Å². The minimum absolute atomic E-state index is 0.0593. The predicted octanol–water partition coefficient (Wildman–Crippen LogP) is 4.41. The summed E-state index contributed by atoms with van der Waals surface area (Å²) >= 11 is 0. The summed E-state index contributed by atoms with van der Waals surface area (Å²) in [5.74, 6) is 0. The molecule has 1 unspecified atom stereocenters. The minimum Gasteiger partial charge on any atom is -0.444 e. The molecular formula is C20H27NO2Si. The molecule has 4 heteroatoms. The quantitative estimate of drug-likeness (QED) is 0.837. The Hall–Kier alpha value is -2.07.